The first kappa shape index (κ1) is 18.7. The maximum Gasteiger partial charge on any atom is 0.302 e. The van der Waals surface area contributed by atoms with E-state index in [0.717, 1.165) is 44.9 Å². The molecule has 0 aromatic heterocycles. The molecule has 9 unspecified atom stereocenters. The molecule has 148 valence electrons. The molecular formula is C21H34O5. The van der Waals surface area contributed by atoms with Crippen LogP contribution in [0.5, 0.6) is 0 Å². The van der Waals surface area contributed by atoms with Gasteiger partial charge in [0.2, 0.25) is 0 Å². The molecule has 4 aliphatic carbocycles. The largest absolute Gasteiger partial charge is 0.463 e. The Morgan fingerprint density at radius 1 is 1.00 bits per heavy atom. The number of hydrogen-bond donors (Lipinski definition) is 2. The Hall–Kier alpha value is -0.650. The molecule has 4 saturated carbocycles. The molecule has 2 N–H and O–H groups in total. The molecule has 0 aromatic carbocycles. The minimum Gasteiger partial charge on any atom is -0.463 e. The molecular weight excluding hydrogens is 332 g/mol. The van der Waals surface area contributed by atoms with Crippen LogP contribution in [-0.4, -0.2) is 41.3 Å². The summed E-state index contributed by atoms with van der Waals surface area (Å²) in [6, 6.07) is 0. The summed E-state index contributed by atoms with van der Waals surface area (Å²) in [4.78, 5) is 11.3. The number of carbonyl (C=O) groups is 1. The van der Waals surface area contributed by atoms with Crippen LogP contribution in [0.2, 0.25) is 0 Å². The van der Waals surface area contributed by atoms with Gasteiger partial charge in [-0.2, -0.15) is 0 Å². The predicted molar refractivity (Wildman–Crippen MR) is 96.0 cm³/mol. The molecule has 0 heterocycles. The zero-order chi connectivity index (χ0) is 18.7. The summed E-state index contributed by atoms with van der Waals surface area (Å²) in [6.45, 7) is 3.67. The molecule has 5 nitrogen and oxygen atoms in total. The normalized spacial score (nSPS) is 53.3. The number of hydrogen-bond acceptors (Lipinski definition) is 5. The Morgan fingerprint density at radius 2 is 1.73 bits per heavy atom. The minimum absolute atomic E-state index is 0.0288. The smallest absolute Gasteiger partial charge is 0.302 e. The van der Waals surface area contributed by atoms with E-state index >= 15 is 0 Å². The first-order valence-electron chi connectivity index (χ1n) is 10.4. The molecule has 0 saturated heterocycles. The highest BCUT2D eigenvalue weighted by Crippen LogP contribution is 2.65. The number of aliphatic hydroxyl groups excluding tert-OH is 1. The van der Waals surface area contributed by atoms with Gasteiger partial charge in [0.15, 0.2) is 5.79 Å². The number of carbonyl (C=O) groups excluding carboxylic acids is 1. The van der Waals surface area contributed by atoms with Crippen molar-refractivity contribution in [3.8, 4) is 0 Å². The van der Waals surface area contributed by atoms with Gasteiger partial charge in [-0.1, -0.05) is 6.92 Å². The van der Waals surface area contributed by atoms with E-state index in [-0.39, 0.29) is 29.5 Å². The minimum atomic E-state index is -1.02. The fraction of sp³-hybridized carbons (Fsp3) is 0.952. The van der Waals surface area contributed by atoms with Gasteiger partial charge in [-0.3, -0.25) is 4.79 Å². The number of esters is 1. The van der Waals surface area contributed by atoms with Crippen LogP contribution in [0.4, 0.5) is 0 Å². The SMILES string of the molecule is COC1(O)CCC2C3CC(O)C4CC(OC(C)=O)CCC4C3CCC21C. The van der Waals surface area contributed by atoms with Crippen molar-refractivity contribution in [1.29, 1.82) is 0 Å². The van der Waals surface area contributed by atoms with Gasteiger partial charge in [0.25, 0.3) is 0 Å². The fourth-order valence-electron chi connectivity index (χ4n) is 7.46. The number of aliphatic hydroxyl groups is 2. The lowest BCUT2D eigenvalue weighted by Crippen LogP contribution is -2.56. The van der Waals surface area contributed by atoms with E-state index in [9.17, 15) is 15.0 Å². The van der Waals surface area contributed by atoms with Crippen LogP contribution in [0, 0.1) is 35.0 Å². The van der Waals surface area contributed by atoms with Gasteiger partial charge in [0.05, 0.1) is 6.10 Å². The van der Waals surface area contributed by atoms with Gasteiger partial charge >= 0.3 is 5.97 Å². The maximum atomic E-state index is 11.3. The quantitative estimate of drug-likeness (QED) is 0.580. The van der Waals surface area contributed by atoms with Crippen LogP contribution in [0.3, 0.4) is 0 Å². The average molecular weight is 366 g/mol. The lowest BCUT2D eigenvalue weighted by Gasteiger charge is -2.58. The lowest BCUT2D eigenvalue weighted by molar-refractivity contribution is -0.266. The highest BCUT2D eigenvalue weighted by Gasteiger charge is 2.64. The van der Waals surface area contributed by atoms with E-state index < -0.39 is 5.79 Å². The number of fused-ring (bicyclic) bond motifs is 5. The second-order valence-electron chi connectivity index (χ2n) is 9.59. The Kier molecular flexibility index (Phi) is 4.64. The van der Waals surface area contributed by atoms with Crippen LogP contribution in [0.15, 0.2) is 0 Å². The van der Waals surface area contributed by atoms with Crippen LogP contribution in [0.25, 0.3) is 0 Å². The molecule has 0 spiro atoms. The molecule has 0 amide bonds. The number of rotatable bonds is 2. The summed E-state index contributed by atoms with van der Waals surface area (Å²) in [5, 5.41) is 22.0. The van der Waals surface area contributed by atoms with Crippen molar-refractivity contribution in [3.63, 3.8) is 0 Å². The third kappa shape index (κ3) is 2.65. The molecule has 4 aliphatic rings. The second kappa shape index (κ2) is 6.46. The highest BCUT2D eigenvalue weighted by atomic mass is 16.6. The van der Waals surface area contributed by atoms with E-state index in [1.54, 1.807) is 7.11 Å². The summed E-state index contributed by atoms with van der Waals surface area (Å²) in [6.07, 6.45) is 7.02. The first-order valence-corrected chi connectivity index (χ1v) is 10.4. The molecule has 0 radical (unpaired) electrons. The van der Waals surface area contributed by atoms with Crippen molar-refractivity contribution in [2.75, 3.05) is 7.11 Å². The Morgan fingerprint density at radius 3 is 2.42 bits per heavy atom. The summed E-state index contributed by atoms with van der Waals surface area (Å²) in [5.41, 5.74) is -0.204. The number of ether oxygens (including phenoxy) is 2. The van der Waals surface area contributed by atoms with Gasteiger partial charge in [0.1, 0.15) is 6.10 Å². The van der Waals surface area contributed by atoms with Crippen molar-refractivity contribution < 1.29 is 24.5 Å². The molecule has 9 atom stereocenters. The van der Waals surface area contributed by atoms with Gasteiger partial charge < -0.3 is 19.7 Å². The summed E-state index contributed by atoms with van der Waals surface area (Å²) < 4.78 is 11.0. The van der Waals surface area contributed by atoms with E-state index in [1.807, 2.05) is 0 Å². The molecule has 0 bridgehead atoms. The van der Waals surface area contributed by atoms with Gasteiger partial charge in [-0.25, -0.2) is 0 Å². The third-order valence-corrected chi connectivity index (χ3v) is 8.70. The summed E-state index contributed by atoms with van der Waals surface area (Å²) in [5.74, 6) is 1.07. The van der Waals surface area contributed by atoms with Crippen molar-refractivity contribution in [3.05, 3.63) is 0 Å². The molecule has 4 fully saturated rings. The van der Waals surface area contributed by atoms with Gasteiger partial charge in [-0.05, 0) is 74.5 Å². The van der Waals surface area contributed by atoms with E-state index in [4.69, 9.17) is 9.47 Å². The summed E-state index contributed by atoms with van der Waals surface area (Å²) in [7, 11) is 1.63. The second-order valence-corrected chi connectivity index (χ2v) is 9.59. The first-order chi connectivity index (χ1) is 12.3. The zero-order valence-electron chi connectivity index (χ0n) is 16.3. The van der Waals surface area contributed by atoms with Crippen molar-refractivity contribution in [2.24, 2.45) is 35.0 Å². The monoisotopic (exact) mass is 366 g/mol. The number of methoxy groups -OCH3 is 1. The Balaban J connectivity index is 1.54. The average Bonchev–Trinajstić information content (AvgIpc) is 2.87. The van der Waals surface area contributed by atoms with Gasteiger partial charge in [0, 0.05) is 25.9 Å². The molecule has 0 aromatic rings. The topological polar surface area (TPSA) is 76.0 Å². The van der Waals surface area contributed by atoms with E-state index in [0.29, 0.717) is 30.1 Å². The van der Waals surface area contributed by atoms with E-state index in [1.165, 1.54) is 6.92 Å². The lowest BCUT2D eigenvalue weighted by atomic mass is 9.49. The maximum absolute atomic E-state index is 11.3. The molecule has 5 heteroatoms. The zero-order valence-corrected chi connectivity index (χ0v) is 16.3. The van der Waals surface area contributed by atoms with Crippen LogP contribution < -0.4 is 0 Å². The van der Waals surface area contributed by atoms with Gasteiger partial charge in [-0.15, -0.1) is 0 Å². The Labute approximate surface area is 156 Å². The highest BCUT2D eigenvalue weighted by molar-refractivity contribution is 5.66. The van der Waals surface area contributed by atoms with Crippen molar-refractivity contribution in [1.82, 2.24) is 0 Å². The third-order valence-electron chi connectivity index (χ3n) is 8.70. The van der Waals surface area contributed by atoms with Crippen LogP contribution in [0.1, 0.15) is 65.2 Å². The van der Waals surface area contributed by atoms with Crippen LogP contribution >= 0.6 is 0 Å². The predicted octanol–water partition coefficient (Wildman–Crippen LogP) is 2.88. The Bertz CT molecular complexity index is 565. The standard InChI is InChI=1S/C21H34O5/c1-12(22)26-13-4-5-14-15-6-8-20(2)18(7-9-21(20,24)25-3)16(15)11-19(23)17(14)10-13/h13-19,23-24H,4-11H2,1-3H3. The fourth-order valence-corrected chi connectivity index (χ4v) is 7.46. The van der Waals surface area contributed by atoms with E-state index in [2.05, 4.69) is 6.92 Å². The van der Waals surface area contributed by atoms with Crippen molar-refractivity contribution in [2.45, 2.75) is 83.2 Å². The molecule has 4 rings (SSSR count). The van der Waals surface area contributed by atoms with Crippen LogP contribution in [-0.2, 0) is 14.3 Å². The molecule has 26 heavy (non-hydrogen) atoms. The summed E-state index contributed by atoms with van der Waals surface area (Å²) >= 11 is 0. The van der Waals surface area contributed by atoms with Crippen molar-refractivity contribution >= 4 is 5.97 Å². The molecule has 0 aliphatic heterocycles.